The van der Waals surface area contributed by atoms with Crippen LogP contribution in [0.5, 0.6) is 0 Å². The highest BCUT2D eigenvalue weighted by atomic mass is 35.5. The van der Waals surface area contributed by atoms with E-state index >= 15 is 0 Å². The molecular formula is C31H36ClN3O4S. The van der Waals surface area contributed by atoms with Gasteiger partial charge in [-0.25, -0.2) is 8.42 Å². The van der Waals surface area contributed by atoms with Crippen LogP contribution in [-0.2, 0) is 26.2 Å². The molecule has 0 bridgehead atoms. The fraction of sp³-hybridized carbons (Fsp3) is 0.355. The number of hydrogen-bond donors (Lipinski definition) is 1. The van der Waals surface area contributed by atoms with Crippen LogP contribution < -0.4 is 9.62 Å². The van der Waals surface area contributed by atoms with Gasteiger partial charge in [-0.2, -0.15) is 0 Å². The van der Waals surface area contributed by atoms with Gasteiger partial charge in [0.15, 0.2) is 0 Å². The van der Waals surface area contributed by atoms with Crippen molar-refractivity contribution in [1.29, 1.82) is 0 Å². The Morgan fingerprint density at radius 3 is 2.20 bits per heavy atom. The van der Waals surface area contributed by atoms with E-state index in [1.807, 2.05) is 30.3 Å². The minimum Gasteiger partial charge on any atom is -0.352 e. The molecule has 0 saturated heterocycles. The molecule has 2 amide bonds. The number of nitrogens with one attached hydrogen (secondary N) is 1. The number of carbonyl (C=O) groups is 2. The molecule has 4 rings (SSSR count). The van der Waals surface area contributed by atoms with Crippen molar-refractivity contribution in [3.8, 4) is 0 Å². The van der Waals surface area contributed by atoms with Crippen LogP contribution in [0.15, 0.2) is 83.8 Å². The van der Waals surface area contributed by atoms with Crippen molar-refractivity contribution in [2.24, 2.45) is 0 Å². The standard InChI is InChI=1S/C31H36ClN3O4S/c1-23-28(32)19-12-20-29(23)35(40(38,39)27-17-10-5-11-18-27)22-30(36)34(21-25-13-6-3-7-14-25)24(2)31(37)33-26-15-8-4-9-16-26/h3,5-7,10-14,17-20,24,26H,4,8-9,15-16,21-22H2,1-2H3,(H,33,37). The zero-order chi connectivity index (χ0) is 28.7. The van der Waals surface area contributed by atoms with Crippen molar-refractivity contribution >= 4 is 39.1 Å². The molecule has 0 radical (unpaired) electrons. The van der Waals surface area contributed by atoms with Gasteiger partial charge in [0.05, 0.1) is 10.6 Å². The van der Waals surface area contributed by atoms with E-state index in [0.29, 0.717) is 16.3 Å². The van der Waals surface area contributed by atoms with Gasteiger partial charge in [-0.3, -0.25) is 13.9 Å². The van der Waals surface area contributed by atoms with Gasteiger partial charge in [-0.05, 0) is 62.1 Å². The van der Waals surface area contributed by atoms with Crippen LogP contribution in [0.1, 0.15) is 50.2 Å². The maximum Gasteiger partial charge on any atom is 0.264 e. The SMILES string of the molecule is Cc1c(Cl)cccc1N(CC(=O)N(Cc1ccccc1)C(C)C(=O)NC1CCCCC1)S(=O)(=O)c1ccccc1. The summed E-state index contributed by atoms with van der Waals surface area (Å²) in [5.41, 5.74) is 1.68. The summed E-state index contributed by atoms with van der Waals surface area (Å²) >= 11 is 6.38. The highest BCUT2D eigenvalue weighted by molar-refractivity contribution is 7.92. The molecule has 1 unspecified atom stereocenters. The summed E-state index contributed by atoms with van der Waals surface area (Å²) in [6.07, 6.45) is 5.13. The average molecular weight is 582 g/mol. The Labute approximate surface area is 242 Å². The zero-order valence-electron chi connectivity index (χ0n) is 22.9. The van der Waals surface area contributed by atoms with E-state index < -0.39 is 28.5 Å². The quantitative estimate of drug-likeness (QED) is 0.332. The smallest absolute Gasteiger partial charge is 0.264 e. The number of hydrogen-bond acceptors (Lipinski definition) is 4. The predicted molar refractivity (Wildman–Crippen MR) is 159 cm³/mol. The molecular weight excluding hydrogens is 546 g/mol. The first kappa shape index (κ1) is 29.6. The first-order chi connectivity index (χ1) is 19.2. The second-order valence-electron chi connectivity index (χ2n) is 10.2. The molecule has 3 aromatic rings. The summed E-state index contributed by atoms with van der Waals surface area (Å²) in [5, 5.41) is 3.50. The van der Waals surface area contributed by atoms with Crippen molar-refractivity contribution in [3.63, 3.8) is 0 Å². The number of carbonyl (C=O) groups excluding carboxylic acids is 2. The van der Waals surface area contributed by atoms with Crippen molar-refractivity contribution < 1.29 is 18.0 Å². The number of anilines is 1. The Kier molecular flexibility index (Phi) is 9.87. The summed E-state index contributed by atoms with van der Waals surface area (Å²) < 4.78 is 28.9. The van der Waals surface area contributed by atoms with Crippen LogP contribution in [-0.4, -0.2) is 43.8 Å². The van der Waals surface area contributed by atoms with Crippen LogP contribution in [0.25, 0.3) is 0 Å². The molecule has 9 heteroatoms. The van der Waals surface area contributed by atoms with Gasteiger partial charge in [-0.15, -0.1) is 0 Å². The molecule has 0 aliphatic heterocycles. The van der Waals surface area contributed by atoms with Gasteiger partial charge in [0.25, 0.3) is 10.0 Å². The molecule has 1 aliphatic carbocycles. The Morgan fingerprint density at radius 1 is 0.925 bits per heavy atom. The van der Waals surface area contributed by atoms with Crippen LogP contribution in [0.2, 0.25) is 5.02 Å². The molecule has 1 fully saturated rings. The Balaban J connectivity index is 1.68. The monoisotopic (exact) mass is 581 g/mol. The van der Waals surface area contributed by atoms with E-state index in [1.165, 1.54) is 17.0 Å². The summed E-state index contributed by atoms with van der Waals surface area (Å²) in [7, 11) is -4.14. The summed E-state index contributed by atoms with van der Waals surface area (Å²) in [6.45, 7) is 3.08. The molecule has 1 atom stereocenters. The Hall–Kier alpha value is -3.36. The third-order valence-electron chi connectivity index (χ3n) is 7.43. The largest absolute Gasteiger partial charge is 0.352 e. The van der Waals surface area contributed by atoms with Gasteiger partial charge in [0, 0.05) is 17.6 Å². The number of halogens is 1. The summed E-state index contributed by atoms with van der Waals surface area (Å²) in [6, 6.07) is 21.6. The number of sulfonamides is 1. The van der Waals surface area contributed by atoms with E-state index in [-0.39, 0.29) is 23.4 Å². The van der Waals surface area contributed by atoms with Gasteiger partial charge in [-0.1, -0.05) is 85.5 Å². The van der Waals surface area contributed by atoms with Gasteiger partial charge in [0.2, 0.25) is 11.8 Å². The van der Waals surface area contributed by atoms with Crippen molar-refractivity contribution in [2.45, 2.75) is 69.5 Å². The van der Waals surface area contributed by atoms with E-state index in [0.717, 1.165) is 42.0 Å². The summed E-state index contributed by atoms with van der Waals surface area (Å²) in [4.78, 5) is 28.9. The molecule has 0 aromatic heterocycles. The lowest BCUT2D eigenvalue weighted by atomic mass is 9.95. The molecule has 1 saturated carbocycles. The maximum absolute atomic E-state index is 14.1. The Bertz CT molecular complexity index is 1410. The molecule has 3 aromatic carbocycles. The minimum atomic E-state index is -4.14. The topological polar surface area (TPSA) is 86.8 Å². The molecule has 1 aliphatic rings. The number of amides is 2. The van der Waals surface area contributed by atoms with E-state index in [9.17, 15) is 18.0 Å². The fourth-order valence-corrected chi connectivity index (χ4v) is 6.69. The van der Waals surface area contributed by atoms with Crippen LogP contribution in [0.4, 0.5) is 5.69 Å². The maximum atomic E-state index is 14.1. The molecule has 212 valence electrons. The third kappa shape index (κ3) is 7.04. The van der Waals surface area contributed by atoms with Crippen molar-refractivity contribution in [3.05, 3.63) is 95.0 Å². The number of rotatable bonds is 10. The minimum absolute atomic E-state index is 0.0554. The van der Waals surface area contributed by atoms with Gasteiger partial charge < -0.3 is 10.2 Å². The van der Waals surface area contributed by atoms with E-state index in [2.05, 4.69) is 5.32 Å². The molecule has 0 heterocycles. The third-order valence-corrected chi connectivity index (χ3v) is 9.62. The Morgan fingerprint density at radius 2 is 1.55 bits per heavy atom. The second kappa shape index (κ2) is 13.3. The van der Waals surface area contributed by atoms with Crippen molar-refractivity contribution in [2.75, 3.05) is 10.8 Å². The van der Waals surface area contributed by atoms with Crippen LogP contribution in [0, 0.1) is 6.92 Å². The lowest BCUT2D eigenvalue weighted by Crippen LogP contribution is -2.53. The highest BCUT2D eigenvalue weighted by Gasteiger charge is 2.34. The zero-order valence-corrected chi connectivity index (χ0v) is 24.5. The van der Waals surface area contributed by atoms with Gasteiger partial charge >= 0.3 is 0 Å². The first-order valence-corrected chi connectivity index (χ1v) is 15.5. The first-order valence-electron chi connectivity index (χ1n) is 13.6. The van der Waals surface area contributed by atoms with Gasteiger partial charge in [0.1, 0.15) is 12.6 Å². The van der Waals surface area contributed by atoms with Crippen LogP contribution in [0.3, 0.4) is 0 Å². The summed E-state index contributed by atoms with van der Waals surface area (Å²) in [5.74, 6) is -0.735. The number of nitrogens with zero attached hydrogens (tertiary/aromatic N) is 2. The normalized spacial score (nSPS) is 14.8. The van der Waals surface area contributed by atoms with Crippen LogP contribution >= 0.6 is 11.6 Å². The molecule has 0 spiro atoms. The lowest BCUT2D eigenvalue weighted by molar-refractivity contribution is -0.139. The highest BCUT2D eigenvalue weighted by Crippen LogP contribution is 2.31. The second-order valence-corrected chi connectivity index (χ2v) is 12.5. The lowest BCUT2D eigenvalue weighted by Gasteiger charge is -2.33. The molecule has 40 heavy (non-hydrogen) atoms. The van der Waals surface area contributed by atoms with Crippen molar-refractivity contribution in [1.82, 2.24) is 10.2 Å². The molecule has 1 N–H and O–H groups in total. The van der Waals surface area contributed by atoms with E-state index in [4.69, 9.17) is 11.6 Å². The number of benzene rings is 3. The fourth-order valence-electron chi connectivity index (χ4n) is 5.03. The van der Waals surface area contributed by atoms with E-state index in [1.54, 1.807) is 50.2 Å². The average Bonchev–Trinajstić information content (AvgIpc) is 2.97. The molecule has 7 nitrogen and oxygen atoms in total. The predicted octanol–water partition coefficient (Wildman–Crippen LogP) is 5.71.